The summed E-state index contributed by atoms with van der Waals surface area (Å²) in [5.41, 5.74) is 1.44. The molecule has 0 amide bonds. The first-order valence-electron chi connectivity index (χ1n) is 7.63. The van der Waals surface area contributed by atoms with Crippen LogP contribution < -0.4 is 5.32 Å². The molecule has 1 unspecified atom stereocenters. The SMILES string of the molecule is c1ccc(CN2CCC3CNCCCN3CC2)cc1. The van der Waals surface area contributed by atoms with Gasteiger partial charge in [0.15, 0.2) is 0 Å². The van der Waals surface area contributed by atoms with Crippen LogP contribution in [0.4, 0.5) is 0 Å². The zero-order valence-electron chi connectivity index (χ0n) is 11.7. The first-order chi connectivity index (χ1) is 9.42. The predicted octanol–water partition coefficient (Wildman–Crippen LogP) is 1.56. The highest BCUT2D eigenvalue weighted by Crippen LogP contribution is 2.15. The van der Waals surface area contributed by atoms with E-state index in [2.05, 4.69) is 45.4 Å². The van der Waals surface area contributed by atoms with Crippen molar-refractivity contribution in [1.29, 1.82) is 0 Å². The molecule has 0 bridgehead atoms. The summed E-state index contributed by atoms with van der Waals surface area (Å²) in [5, 5.41) is 3.58. The number of rotatable bonds is 2. The molecule has 2 saturated heterocycles. The molecule has 19 heavy (non-hydrogen) atoms. The van der Waals surface area contributed by atoms with E-state index >= 15 is 0 Å². The van der Waals surface area contributed by atoms with Gasteiger partial charge in [-0.15, -0.1) is 0 Å². The Morgan fingerprint density at radius 2 is 1.95 bits per heavy atom. The molecule has 2 aliphatic heterocycles. The molecule has 1 aromatic carbocycles. The quantitative estimate of drug-likeness (QED) is 0.869. The first-order valence-corrected chi connectivity index (χ1v) is 7.63. The van der Waals surface area contributed by atoms with E-state index in [1.807, 2.05) is 0 Å². The predicted molar refractivity (Wildman–Crippen MR) is 79.2 cm³/mol. The van der Waals surface area contributed by atoms with Gasteiger partial charge in [0.25, 0.3) is 0 Å². The molecule has 0 aromatic heterocycles. The molecule has 3 rings (SSSR count). The van der Waals surface area contributed by atoms with Crippen LogP contribution in [0, 0.1) is 0 Å². The second kappa shape index (κ2) is 6.51. The van der Waals surface area contributed by atoms with E-state index in [1.165, 1.54) is 57.7 Å². The van der Waals surface area contributed by atoms with Crippen LogP contribution in [0.2, 0.25) is 0 Å². The monoisotopic (exact) mass is 259 g/mol. The highest BCUT2D eigenvalue weighted by Gasteiger charge is 2.24. The topological polar surface area (TPSA) is 18.5 Å². The third-order valence-corrected chi connectivity index (χ3v) is 4.43. The Morgan fingerprint density at radius 3 is 2.84 bits per heavy atom. The molecule has 2 fully saturated rings. The Bertz CT molecular complexity index is 363. The molecule has 2 aliphatic rings. The maximum absolute atomic E-state index is 3.58. The van der Waals surface area contributed by atoms with Crippen LogP contribution in [0.5, 0.6) is 0 Å². The summed E-state index contributed by atoms with van der Waals surface area (Å²) < 4.78 is 0. The van der Waals surface area contributed by atoms with Crippen LogP contribution in [0.3, 0.4) is 0 Å². The van der Waals surface area contributed by atoms with E-state index in [4.69, 9.17) is 0 Å². The van der Waals surface area contributed by atoms with Gasteiger partial charge in [-0.25, -0.2) is 0 Å². The van der Waals surface area contributed by atoms with Gasteiger partial charge in [0.2, 0.25) is 0 Å². The van der Waals surface area contributed by atoms with Crippen LogP contribution in [0.15, 0.2) is 30.3 Å². The average Bonchev–Trinajstić information content (AvgIpc) is 2.77. The lowest BCUT2D eigenvalue weighted by Crippen LogP contribution is -2.40. The maximum atomic E-state index is 3.58. The Morgan fingerprint density at radius 1 is 1.05 bits per heavy atom. The van der Waals surface area contributed by atoms with Gasteiger partial charge in [-0.2, -0.15) is 0 Å². The van der Waals surface area contributed by atoms with Crippen molar-refractivity contribution in [2.45, 2.75) is 25.4 Å². The van der Waals surface area contributed by atoms with Crippen molar-refractivity contribution in [3.05, 3.63) is 35.9 Å². The van der Waals surface area contributed by atoms with Crippen molar-refractivity contribution in [3.63, 3.8) is 0 Å². The van der Waals surface area contributed by atoms with Crippen molar-refractivity contribution in [1.82, 2.24) is 15.1 Å². The Labute approximate surface area is 116 Å². The van der Waals surface area contributed by atoms with Crippen LogP contribution in [-0.2, 0) is 6.54 Å². The van der Waals surface area contributed by atoms with Gasteiger partial charge in [0, 0.05) is 38.8 Å². The minimum atomic E-state index is 0.753. The molecular formula is C16H25N3. The molecule has 0 spiro atoms. The molecule has 1 aromatic rings. The third-order valence-electron chi connectivity index (χ3n) is 4.43. The summed E-state index contributed by atoms with van der Waals surface area (Å²) >= 11 is 0. The van der Waals surface area contributed by atoms with Gasteiger partial charge in [-0.1, -0.05) is 30.3 Å². The molecule has 2 heterocycles. The number of hydrogen-bond acceptors (Lipinski definition) is 3. The summed E-state index contributed by atoms with van der Waals surface area (Å²) in [6.07, 6.45) is 2.61. The van der Waals surface area contributed by atoms with E-state index in [-0.39, 0.29) is 0 Å². The Hall–Kier alpha value is -0.900. The van der Waals surface area contributed by atoms with E-state index in [1.54, 1.807) is 0 Å². The Kier molecular flexibility index (Phi) is 4.49. The van der Waals surface area contributed by atoms with Crippen LogP contribution in [0.25, 0.3) is 0 Å². The summed E-state index contributed by atoms with van der Waals surface area (Å²) in [6, 6.07) is 11.6. The molecule has 0 saturated carbocycles. The van der Waals surface area contributed by atoms with Crippen LogP contribution in [-0.4, -0.2) is 55.1 Å². The lowest BCUT2D eigenvalue weighted by Gasteiger charge is -2.26. The van der Waals surface area contributed by atoms with Crippen molar-refractivity contribution in [2.24, 2.45) is 0 Å². The van der Waals surface area contributed by atoms with Crippen molar-refractivity contribution in [2.75, 3.05) is 39.3 Å². The van der Waals surface area contributed by atoms with Gasteiger partial charge in [0.05, 0.1) is 0 Å². The lowest BCUT2D eigenvalue weighted by molar-refractivity contribution is 0.214. The second-order valence-electron chi connectivity index (χ2n) is 5.80. The summed E-state index contributed by atoms with van der Waals surface area (Å²) in [4.78, 5) is 5.31. The standard InChI is InChI=1S/C16H25N3/c1-2-5-15(6-3-1)14-18-10-7-16-13-17-8-4-9-19(16)12-11-18/h1-3,5-6,16-17H,4,7-14H2. The van der Waals surface area contributed by atoms with Gasteiger partial charge in [-0.05, 0) is 31.5 Å². The second-order valence-corrected chi connectivity index (χ2v) is 5.80. The third kappa shape index (κ3) is 3.56. The number of benzene rings is 1. The zero-order valence-corrected chi connectivity index (χ0v) is 11.7. The molecule has 3 nitrogen and oxygen atoms in total. The highest BCUT2D eigenvalue weighted by molar-refractivity contribution is 5.14. The van der Waals surface area contributed by atoms with E-state index in [0.29, 0.717) is 0 Å². The molecule has 1 N–H and O–H groups in total. The minimum Gasteiger partial charge on any atom is -0.315 e. The van der Waals surface area contributed by atoms with Crippen LogP contribution in [0.1, 0.15) is 18.4 Å². The number of hydrogen-bond donors (Lipinski definition) is 1. The largest absolute Gasteiger partial charge is 0.315 e. The van der Waals surface area contributed by atoms with Gasteiger partial charge >= 0.3 is 0 Å². The number of nitrogens with zero attached hydrogens (tertiary/aromatic N) is 2. The fourth-order valence-corrected chi connectivity index (χ4v) is 3.28. The normalized spacial score (nSPS) is 26.4. The smallest absolute Gasteiger partial charge is 0.0234 e. The van der Waals surface area contributed by atoms with Crippen molar-refractivity contribution in [3.8, 4) is 0 Å². The molecular weight excluding hydrogens is 234 g/mol. The minimum absolute atomic E-state index is 0.753. The summed E-state index contributed by atoms with van der Waals surface area (Å²) in [7, 11) is 0. The van der Waals surface area contributed by atoms with Crippen molar-refractivity contribution < 1.29 is 0 Å². The average molecular weight is 259 g/mol. The fourth-order valence-electron chi connectivity index (χ4n) is 3.28. The van der Waals surface area contributed by atoms with Crippen LogP contribution >= 0.6 is 0 Å². The summed E-state index contributed by atoms with van der Waals surface area (Å²) in [6.45, 7) is 8.44. The molecule has 3 heteroatoms. The molecule has 104 valence electrons. The first kappa shape index (κ1) is 13.1. The van der Waals surface area contributed by atoms with E-state index < -0.39 is 0 Å². The molecule has 1 atom stereocenters. The van der Waals surface area contributed by atoms with E-state index in [0.717, 1.165) is 12.6 Å². The van der Waals surface area contributed by atoms with Gasteiger partial charge < -0.3 is 5.32 Å². The molecule has 0 radical (unpaired) electrons. The fraction of sp³-hybridized carbons (Fsp3) is 0.625. The van der Waals surface area contributed by atoms with Crippen molar-refractivity contribution >= 4 is 0 Å². The molecule has 0 aliphatic carbocycles. The van der Waals surface area contributed by atoms with Gasteiger partial charge in [-0.3, -0.25) is 9.80 Å². The summed E-state index contributed by atoms with van der Waals surface area (Å²) in [5.74, 6) is 0. The zero-order chi connectivity index (χ0) is 12.9. The number of nitrogens with one attached hydrogen (secondary N) is 1. The lowest BCUT2D eigenvalue weighted by atomic mass is 10.1. The number of fused-ring (bicyclic) bond motifs is 1. The Balaban J connectivity index is 1.58. The maximum Gasteiger partial charge on any atom is 0.0234 e. The van der Waals surface area contributed by atoms with E-state index in [9.17, 15) is 0 Å². The highest BCUT2D eigenvalue weighted by atomic mass is 15.2. The van der Waals surface area contributed by atoms with Gasteiger partial charge in [0.1, 0.15) is 0 Å².